The summed E-state index contributed by atoms with van der Waals surface area (Å²) in [5, 5.41) is 6.51. The second kappa shape index (κ2) is 8.66. The number of amides is 1. The van der Waals surface area contributed by atoms with Gasteiger partial charge in [0.1, 0.15) is 6.61 Å². The zero-order valence-electron chi connectivity index (χ0n) is 19.6. The first-order chi connectivity index (χ1) is 15.4. The molecule has 5 aliphatic rings. The minimum atomic E-state index is -0.472. The van der Waals surface area contributed by atoms with Crippen LogP contribution in [0.15, 0.2) is 30.3 Å². The number of nitrogens with one attached hydrogen (secondary N) is 2. The van der Waals surface area contributed by atoms with E-state index in [0.29, 0.717) is 24.9 Å². The molecule has 0 spiro atoms. The summed E-state index contributed by atoms with van der Waals surface area (Å²) in [5.74, 6) is 0.888. The first-order valence-corrected chi connectivity index (χ1v) is 12.4. The summed E-state index contributed by atoms with van der Waals surface area (Å²) in [6, 6.07) is 10.5. The van der Waals surface area contributed by atoms with Crippen LogP contribution in [0.3, 0.4) is 0 Å². The van der Waals surface area contributed by atoms with E-state index in [1.807, 2.05) is 18.2 Å². The highest BCUT2D eigenvalue weighted by Crippen LogP contribution is 2.65. The highest BCUT2D eigenvalue weighted by Gasteiger charge is 2.68. The molecule has 5 fully saturated rings. The highest BCUT2D eigenvalue weighted by atomic mass is 16.7. The minimum Gasteiger partial charge on any atom is -0.448 e. The van der Waals surface area contributed by atoms with Gasteiger partial charge in [0, 0.05) is 6.04 Å². The van der Waals surface area contributed by atoms with Crippen LogP contribution in [0.1, 0.15) is 58.4 Å². The van der Waals surface area contributed by atoms with E-state index in [9.17, 15) is 4.79 Å². The van der Waals surface area contributed by atoms with Gasteiger partial charge in [-0.1, -0.05) is 50.6 Å². The fourth-order valence-corrected chi connectivity index (χ4v) is 6.59. The molecule has 3 aliphatic carbocycles. The molecule has 7 heteroatoms. The summed E-state index contributed by atoms with van der Waals surface area (Å²) in [4.78, 5) is 12.7. The third kappa shape index (κ3) is 4.08. The van der Waals surface area contributed by atoms with Crippen molar-refractivity contribution in [1.29, 1.82) is 0 Å². The zero-order valence-corrected chi connectivity index (χ0v) is 19.6. The Kier molecular flexibility index (Phi) is 6.02. The summed E-state index contributed by atoms with van der Waals surface area (Å²) < 4.78 is 18.7. The monoisotopic (exact) mass is 440 g/mol. The minimum absolute atomic E-state index is 0.0896. The van der Waals surface area contributed by atoms with Crippen LogP contribution >= 0.6 is 0 Å². The fraction of sp³-hybridized carbons (Fsp3) is 0.720. The van der Waals surface area contributed by atoms with E-state index in [0.717, 1.165) is 24.9 Å². The van der Waals surface area contributed by atoms with E-state index in [4.69, 9.17) is 14.0 Å². The van der Waals surface area contributed by atoms with Gasteiger partial charge in [-0.25, -0.2) is 4.79 Å². The molecule has 1 aromatic rings. The van der Waals surface area contributed by atoms with E-state index >= 15 is 0 Å². The molecule has 1 amide bonds. The Hall–Kier alpha value is -1.57. The summed E-state index contributed by atoms with van der Waals surface area (Å²) in [6.45, 7) is 8.33. The Morgan fingerprint density at radius 1 is 1.25 bits per heavy atom. The van der Waals surface area contributed by atoms with Crippen molar-refractivity contribution in [3.8, 4) is 0 Å². The molecular weight excluding hydrogens is 403 g/mol. The number of carbonyl (C=O) groups is 1. The Bertz CT molecular complexity index is 815. The van der Waals surface area contributed by atoms with Crippen molar-refractivity contribution in [1.82, 2.24) is 10.6 Å². The van der Waals surface area contributed by atoms with E-state index in [-0.39, 0.29) is 29.1 Å². The zero-order chi connectivity index (χ0) is 22.3. The summed E-state index contributed by atoms with van der Waals surface area (Å²) >= 11 is 0. The maximum atomic E-state index is 12.7. The van der Waals surface area contributed by atoms with Gasteiger partial charge in [0.15, 0.2) is 0 Å². The van der Waals surface area contributed by atoms with Gasteiger partial charge in [-0.2, -0.15) is 0 Å². The quantitative estimate of drug-likeness (QED) is 0.660. The van der Waals surface area contributed by atoms with E-state index in [2.05, 4.69) is 43.5 Å². The topological polar surface area (TPSA) is 68.8 Å². The van der Waals surface area contributed by atoms with Crippen molar-refractivity contribution in [3.05, 3.63) is 35.9 Å². The molecule has 1 aromatic carbocycles. The van der Waals surface area contributed by atoms with Gasteiger partial charge in [-0.05, 0) is 68.4 Å². The average Bonchev–Trinajstić information content (AvgIpc) is 3.16. The van der Waals surface area contributed by atoms with Crippen LogP contribution in [-0.2, 0) is 20.5 Å². The molecule has 1 unspecified atom stereocenters. The van der Waals surface area contributed by atoms with Crippen molar-refractivity contribution in [2.24, 2.45) is 17.3 Å². The van der Waals surface area contributed by atoms with Crippen LogP contribution in [0.2, 0.25) is 0 Å². The van der Waals surface area contributed by atoms with E-state index in [1.165, 1.54) is 19.3 Å². The molecule has 2 bridgehead atoms. The molecule has 0 aromatic heterocycles. The normalized spacial score (nSPS) is 36.0. The van der Waals surface area contributed by atoms with Crippen LogP contribution < -0.4 is 10.6 Å². The molecule has 6 rings (SSSR count). The summed E-state index contributed by atoms with van der Waals surface area (Å²) in [6.07, 6.45) is 6.01. The molecule has 3 saturated carbocycles. The van der Waals surface area contributed by atoms with E-state index < -0.39 is 13.2 Å². The van der Waals surface area contributed by atoms with Gasteiger partial charge in [0.25, 0.3) is 0 Å². The Morgan fingerprint density at radius 3 is 2.78 bits per heavy atom. The van der Waals surface area contributed by atoms with Gasteiger partial charge >= 0.3 is 13.2 Å². The molecular formula is C25H37BN2O4. The number of benzene rings is 1. The fourth-order valence-electron chi connectivity index (χ4n) is 6.59. The predicted molar refractivity (Wildman–Crippen MR) is 124 cm³/mol. The van der Waals surface area contributed by atoms with E-state index in [1.54, 1.807) is 0 Å². The van der Waals surface area contributed by atoms with Crippen LogP contribution in [-0.4, -0.2) is 50.1 Å². The second-order valence-electron chi connectivity index (χ2n) is 11.0. The van der Waals surface area contributed by atoms with Gasteiger partial charge in [-0.15, -0.1) is 0 Å². The third-order valence-corrected chi connectivity index (χ3v) is 8.73. The number of hydrogen-bond acceptors (Lipinski definition) is 5. The van der Waals surface area contributed by atoms with Crippen LogP contribution in [0.4, 0.5) is 4.79 Å². The molecule has 2 aliphatic heterocycles. The maximum absolute atomic E-state index is 12.7. The van der Waals surface area contributed by atoms with Crippen LogP contribution in [0, 0.1) is 17.3 Å². The number of hydrogen-bond donors (Lipinski definition) is 2. The van der Waals surface area contributed by atoms with Crippen LogP contribution in [0.5, 0.6) is 0 Å². The SMILES string of the molecule is CC1(C)[C@@H]2C[C@H]3OB([C@H](Cc4ccccc4)NC(=O)OCC4CCCCN4)O[C@@]3(C)[C@H]1C2. The Morgan fingerprint density at radius 2 is 2.06 bits per heavy atom. The summed E-state index contributed by atoms with van der Waals surface area (Å²) in [5.41, 5.74) is 1.14. The van der Waals surface area contributed by atoms with Gasteiger partial charge in [0.2, 0.25) is 0 Å². The number of carbonyl (C=O) groups excluding carboxylic acids is 1. The largest absolute Gasteiger partial charge is 0.482 e. The lowest BCUT2D eigenvalue weighted by Crippen LogP contribution is -2.65. The van der Waals surface area contributed by atoms with Gasteiger partial charge < -0.3 is 24.7 Å². The standard InChI is InChI=1S/C25H37BN2O4/c1-24(2)18-14-20(24)25(3)21(15-18)31-26(32-25)22(13-17-9-5-4-6-10-17)28-23(29)30-16-19-11-7-8-12-27-19/h4-6,9-10,18-22,27H,7-8,11-16H2,1-3H3,(H,28,29)/t18-,19?,20-,21+,22-,25-/m0/s1. The summed E-state index contributed by atoms with van der Waals surface area (Å²) in [7, 11) is -0.472. The van der Waals surface area contributed by atoms with Crippen molar-refractivity contribution >= 4 is 13.2 Å². The number of rotatable bonds is 6. The molecule has 2 saturated heterocycles. The lowest BCUT2D eigenvalue weighted by molar-refractivity contribution is -0.199. The van der Waals surface area contributed by atoms with Crippen molar-refractivity contribution in [3.63, 3.8) is 0 Å². The average molecular weight is 440 g/mol. The van der Waals surface area contributed by atoms with Crippen molar-refractivity contribution in [2.75, 3.05) is 13.2 Å². The Balaban J connectivity index is 1.27. The van der Waals surface area contributed by atoms with Crippen molar-refractivity contribution < 1.29 is 18.8 Å². The lowest BCUT2D eigenvalue weighted by Gasteiger charge is -2.64. The van der Waals surface area contributed by atoms with Crippen molar-refractivity contribution in [2.45, 2.75) is 83.0 Å². The first-order valence-electron chi connectivity index (χ1n) is 12.4. The molecule has 6 atom stereocenters. The highest BCUT2D eigenvalue weighted by molar-refractivity contribution is 6.47. The molecule has 0 radical (unpaired) electrons. The molecule has 2 heterocycles. The predicted octanol–water partition coefficient (Wildman–Crippen LogP) is 3.73. The maximum Gasteiger partial charge on any atom is 0.482 e. The third-order valence-electron chi connectivity index (χ3n) is 8.73. The van der Waals surface area contributed by atoms with Crippen LogP contribution in [0.25, 0.3) is 0 Å². The number of alkyl carbamates (subject to hydrolysis) is 1. The molecule has 2 N–H and O–H groups in total. The van der Waals surface area contributed by atoms with Gasteiger partial charge in [0.05, 0.1) is 17.6 Å². The number of piperidine rings is 1. The number of ether oxygens (including phenoxy) is 1. The Labute approximate surface area is 192 Å². The molecule has 32 heavy (non-hydrogen) atoms. The molecule has 174 valence electrons. The lowest BCUT2D eigenvalue weighted by atomic mass is 9.43. The second-order valence-corrected chi connectivity index (χ2v) is 11.0. The molecule has 6 nitrogen and oxygen atoms in total. The smallest absolute Gasteiger partial charge is 0.448 e. The van der Waals surface area contributed by atoms with Gasteiger partial charge in [-0.3, -0.25) is 0 Å². The first kappa shape index (κ1) is 22.2.